The number of aromatic nitrogens is 2. The van der Waals surface area contributed by atoms with Crippen LogP contribution in [0.5, 0.6) is 0 Å². The van der Waals surface area contributed by atoms with Gasteiger partial charge in [-0.1, -0.05) is 11.6 Å². The molecule has 0 spiro atoms. The summed E-state index contributed by atoms with van der Waals surface area (Å²) in [5.74, 6) is 0.482. The van der Waals surface area contributed by atoms with Gasteiger partial charge in [-0.05, 0) is 19.8 Å². The molecule has 2 rings (SSSR count). The molecule has 1 saturated heterocycles. The van der Waals surface area contributed by atoms with Crippen LogP contribution in [0, 0.1) is 11.3 Å². The first-order valence-corrected chi connectivity index (χ1v) is 8.62. The molecule has 0 saturated carbocycles. The highest BCUT2D eigenvalue weighted by Crippen LogP contribution is 2.18. The van der Waals surface area contributed by atoms with E-state index in [9.17, 15) is 8.42 Å². The van der Waals surface area contributed by atoms with E-state index in [1.54, 1.807) is 6.92 Å². The van der Waals surface area contributed by atoms with E-state index in [1.807, 2.05) is 6.07 Å². The predicted octanol–water partition coefficient (Wildman–Crippen LogP) is 1.23. The predicted molar refractivity (Wildman–Crippen MR) is 79.4 cm³/mol. The van der Waals surface area contributed by atoms with Crippen molar-refractivity contribution in [3.05, 3.63) is 16.9 Å². The normalized spacial score (nSPS) is 17.4. The number of nitrogens with one attached hydrogen (secondary N) is 1. The molecule has 0 amide bonds. The zero-order valence-corrected chi connectivity index (χ0v) is 13.2. The van der Waals surface area contributed by atoms with Gasteiger partial charge in [0.15, 0.2) is 5.15 Å². The maximum atomic E-state index is 11.8. The molecule has 21 heavy (non-hydrogen) atoms. The molecule has 0 bridgehead atoms. The largest absolute Gasteiger partial charge is 0.351 e. The van der Waals surface area contributed by atoms with E-state index in [4.69, 9.17) is 16.9 Å². The Labute approximate surface area is 129 Å². The molecule has 0 aliphatic carbocycles. The molecule has 7 nitrogen and oxygen atoms in total. The highest BCUT2D eigenvalue weighted by atomic mass is 35.5. The number of hydrogen-bond acceptors (Lipinski definition) is 6. The smallest absolute Gasteiger partial charge is 0.224 e. The molecule has 0 radical (unpaired) electrons. The number of nitriles is 1. The van der Waals surface area contributed by atoms with Crippen LogP contribution in [-0.4, -0.2) is 47.6 Å². The van der Waals surface area contributed by atoms with Crippen molar-refractivity contribution >= 4 is 27.6 Å². The highest BCUT2D eigenvalue weighted by Gasteiger charge is 2.26. The number of sulfonamides is 1. The van der Waals surface area contributed by atoms with Gasteiger partial charge in [0.2, 0.25) is 16.0 Å². The monoisotopic (exact) mass is 329 g/mol. The average molecular weight is 330 g/mol. The van der Waals surface area contributed by atoms with E-state index >= 15 is 0 Å². The van der Waals surface area contributed by atoms with E-state index in [0.717, 1.165) is 0 Å². The van der Waals surface area contributed by atoms with Crippen LogP contribution in [0.15, 0.2) is 6.20 Å². The summed E-state index contributed by atoms with van der Waals surface area (Å²) >= 11 is 5.85. The highest BCUT2D eigenvalue weighted by molar-refractivity contribution is 7.89. The van der Waals surface area contributed by atoms with E-state index in [2.05, 4.69) is 15.3 Å². The molecule has 9 heteroatoms. The van der Waals surface area contributed by atoms with Gasteiger partial charge >= 0.3 is 0 Å². The molecular weight excluding hydrogens is 314 g/mol. The Morgan fingerprint density at radius 2 is 2.19 bits per heavy atom. The summed E-state index contributed by atoms with van der Waals surface area (Å²) in [5, 5.41) is 12.0. The molecule has 0 aromatic carbocycles. The van der Waals surface area contributed by atoms with E-state index in [1.165, 1.54) is 10.5 Å². The third-order valence-electron chi connectivity index (χ3n) is 3.41. The van der Waals surface area contributed by atoms with E-state index < -0.39 is 10.0 Å². The lowest BCUT2D eigenvalue weighted by Gasteiger charge is -2.31. The van der Waals surface area contributed by atoms with Crippen LogP contribution in [0.25, 0.3) is 0 Å². The van der Waals surface area contributed by atoms with Crippen molar-refractivity contribution in [1.82, 2.24) is 14.3 Å². The van der Waals surface area contributed by atoms with Crippen LogP contribution in [0.3, 0.4) is 0 Å². The van der Waals surface area contributed by atoms with Crippen LogP contribution in [0.1, 0.15) is 25.3 Å². The standard InChI is InChI=1S/C12H16ClN5O2S/c1-2-21(19,20)18-5-3-10(4-6-18)16-12-15-8-9(7-14)11(13)17-12/h8,10H,2-6H2,1H3,(H,15,16,17). The summed E-state index contributed by atoms with van der Waals surface area (Å²) in [4.78, 5) is 8.04. The third kappa shape index (κ3) is 3.81. The maximum absolute atomic E-state index is 11.8. The summed E-state index contributed by atoms with van der Waals surface area (Å²) in [5.41, 5.74) is 0.228. The first-order valence-electron chi connectivity index (χ1n) is 6.63. The minimum Gasteiger partial charge on any atom is -0.351 e. The Hall–Kier alpha value is -1.43. The third-order valence-corrected chi connectivity index (χ3v) is 5.58. The van der Waals surface area contributed by atoms with Crippen molar-refractivity contribution in [3.8, 4) is 6.07 Å². The molecule has 1 aliphatic rings. The summed E-state index contributed by atoms with van der Waals surface area (Å²) < 4.78 is 25.0. The number of halogens is 1. The van der Waals surface area contributed by atoms with Crippen LogP contribution >= 0.6 is 11.6 Å². The lowest BCUT2D eigenvalue weighted by atomic mass is 10.1. The first-order chi connectivity index (χ1) is 9.96. The number of anilines is 1. The molecule has 1 aromatic heterocycles. The Morgan fingerprint density at radius 3 is 2.71 bits per heavy atom. The molecule has 0 unspecified atom stereocenters. The average Bonchev–Trinajstić information content (AvgIpc) is 2.48. The van der Waals surface area contributed by atoms with Crippen molar-refractivity contribution in [3.63, 3.8) is 0 Å². The molecule has 114 valence electrons. The molecule has 0 atom stereocenters. The molecule has 1 N–H and O–H groups in total. The van der Waals surface area contributed by atoms with Crippen molar-refractivity contribution in [1.29, 1.82) is 5.26 Å². The summed E-state index contributed by atoms with van der Waals surface area (Å²) in [6, 6.07) is 1.99. The second-order valence-electron chi connectivity index (χ2n) is 4.73. The molecule has 1 aromatic rings. The number of hydrogen-bond donors (Lipinski definition) is 1. The first kappa shape index (κ1) is 15.9. The fraction of sp³-hybridized carbons (Fsp3) is 0.583. The van der Waals surface area contributed by atoms with Gasteiger partial charge in [-0.3, -0.25) is 0 Å². The Kier molecular flexibility index (Phi) is 4.98. The van der Waals surface area contributed by atoms with Gasteiger partial charge in [0, 0.05) is 19.1 Å². The zero-order valence-electron chi connectivity index (χ0n) is 11.6. The number of nitrogens with zero attached hydrogens (tertiary/aromatic N) is 4. The Balaban J connectivity index is 1.95. The minimum absolute atomic E-state index is 0.0947. The van der Waals surface area contributed by atoms with E-state index in [0.29, 0.717) is 31.9 Å². The summed E-state index contributed by atoms with van der Waals surface area (Å²) in [6.45, 7) is 2.61. The number of rotatable bonds is 4. The molecule has 2 heterocycles. The summed E-state index contributed by atoms with van der Waals surface area (Å²) in [6.07, 6.45) is 2.73. The van der Waals surface area contributed by atoms with Gasteiger partial charge in [-0.2, -0.15) is 10.2 Å². The SMILES string of the molecule is CCS(=O)(=O)N1CCC(Nc2ncc(C#N)c(Cl)n2)CC1. The van der Waals surface area contributed by atoms with Crippen LogP contribution in [0.2, 0.25) is 5.15 Å². The van der Waals surface area contributed by atoms with Gasteiger partial charge in [0.1, 0.15) is 11.6 Å². The quantitative estimate of drug-likeness (QED) is 0.834. The Morgan fingerprint density at radius 1 is 1.52 bits per heavy atom. The second kappa shape index (κ2) is 6.56. The zero-order chi connectivity index (χ0) is 15.5. The van der Waals surface area contributed by atoms with Gasteiger partial charge in [0.25, 0.3) is 0 Å². The number of piperidine rings is 1. The summed E-state index contributed by atoms with van der Waals surface area (Å²) in [7, 11) is -3.12. The molecular formula is C12H16ClN5O2S. The van der Waals surface area contributed by atoms with Gasteiger partial charge in [0.05, 0.1) is 11.9 Å². The lowest BCUT2D eigenvalue weighted by molar-refractivity contribution is 0.329. The fourth-order valence-corrected chi connectivity index (χ4v) is 3.45. The topological polar surface area (TPSA) is 99.0 Å². The van der Waals surface area contributed by atoms with Crippen LogP contribution in [0.4, 0.5) is 5.95 Å². The molecule has 1 aliphatic heterocycles. The van der Waals surface area contributed by atoms with Crippen molar-refractivity contribution < 1.29 is 8.42 Å². The van der Waals surface area contributed by atoms with Gasteiger partial charge in [-0.25, -0.2) is 17.7 Å². The van der Waals surface area contributed by atoms with Gasteiger partial charge < -0.3 is 5.32 Å². The van der Waals surface area contributed by atoms with E-state index in [-0.39, 0.29) is 22.5 Å². The van der Waals surface area contributed by atoms with Crippen LogP contribution in [-0.2, 0) is 10.0 Å². The van der Waals surface area contributed by atoms with Gasteiger partial charge in [-0.15, -0.1) is 0 Å². The Bertz CT molecular complexity index is 650. The van der Waals surface area contributed by atoms with Crippen molar-refractivity contribution in [2.45, 2.75) is 25.8 Å². The lowest BCUT2D eigenvalue weighted by Crippen LogP contribution is -2.43. The van der Waals surface area contributed by atoms with Crippen LogP contribution < -0.4 is 5.32 Å². The minimum atomic E-state index is -3.12. The maximum Gasteiger partial charge on any atom is 0.224 e. The molecule has 1 fully saturated rings. The van der Waals surface area contributed by atoms with Crippen molar-refractivity contribution in [2.24, 2.45) is 0 Å². The van der Waals surface area contributed by atoms with Crippen molar-refractivity contribution in [2.75, 3.05) is 24.2 Å². The second-order valence-corrected chi connectivity index (χ2v) is 7.34. The fourth-order valence-electron chi connectivity index (χ4n) is 2.15.